The van der Waals surface area contributed by atoms with Crippen molar-refractivity contribution in [2.24, 2.45) is 0 Å². The number of carbonyl (C=O) groups is 3. The normalized spacial score (nSPS) is 13.3. The first-order chi connectivity index (χ1) is 11.2. The minimum Gasteiger partial charge on any atom is -0.316 e. The average molecular weight is 354 g/mol. The summed E-state index contributed by atoms with van der Waals surface area (Å²) in [4.78, 5) is 36.3. The smallest absolute Gasteiger partial charge is 0.316 e. The summed E-state index contributed by atoms with van der Waals surface area (Å²) in [6.45, 7) is 0. The fourth-order valence-electron chi connectivity index (χ4n) is 2.47. The lowest BCUT2D eigenvalue weighted by Crippen LogP contribution is -2.32. The van der Waals surface area contributed by atoms with Crippen LogP contribution in [-0.2, 0) is 4.79 Å². The van der Waals surface area contributed by atoms with Crippen LogP contribution in [0, 0.1) is 0 Å². The highest BCUT2D eigenvalue weighted by molar-refractivity contribution is 6.38. The molecule has 24 heavy (non-hydrogen) atoms. The number of rotatable bonds is 1. The summed E-state index contributed by atoms with van der Waals surface area (Å²) < 4.78 is 37.5. The van der Waals surface area contributed by atoms with Crippen molar-refractivity contribution in [1.82, 2.24) is 0 Å². The van der Waals surface area contributed by atoms with Crippen LogP contribution in [-0.4, -0.2) is 23.6 Å². The van der Waals surface area contributed by atoms with Gasteiger partial charge in [0, 0.05) is 16.7 Å². The molecule has 2 aromatic carbocycles. The van der Waals surface area contributed by atoms with Crippen LogP contribution in [0.5, 0.6) is 0 Å². The second-order valence-electron chi connectivity index (χ2n) is 5.00. The van der Waals surface area contributed by atoms with Gasteiger partial charge in [0.1, 0.15) is 0 Å². The molecule has 1 aliphatic rings. The largest absolute Gasteiger partial charge is 0.471 e. The van der Waals surface area contributed by atoms with E-state index in [2.05, 4.69) is 0 Å². The molecule has 8 heteroatoms. The number of hydrogen-bond donors (Lipinski definition) is 1. The van der Waals surface area contributed by atoms with Crippen molar-refractivity contribution in [3.63, 3.8) is 0 Å². The van der Waals surface area contributed by atoms with Crippen molar-refractivity contribution in [1.29, 1.82) is 0 Å². The monoisotopic (exact) mass is 353 g/mol. The highest BCUT2D eigenvalue weighted by Crippen LogP contribution is 2.37. The van der Waals surface area contributed by atoms with Gasteiger partial charge < -0.3 is 5.32 Å². The number of ketones is 2. The molecule has 0 radical (unpaired) electrons. The fraction of sp³-hybridized carbons (Fsp3) is 0.0625. The summed E-state index contributed by atoms with van der Waals surface area (Å²) in [5, 5.41) is 1.32. The van der Waals surface area contributed by atoms with E-state index in [4.69, 9.17) is 11.6 Å². The van der Waals surface area contributed by atoms with Crippen LogP contribution in [0.25, 0.3) is 0 Å². The molecule has 3 rings (SSSR count). The third kappa shape index (κ3) is 2.46. The molecule has 0 spiro atoms. The second-order valence-corrected chi connectivity index (χ2v) is 5.41. The Morgan fingerprint density at radius 1 is 0.917 bits per heavy atom. The van der Waals surface area contributed by atoms with Crippen LogP contribution in [0.2, 0.25) is 5.02 Å². The molecule has 2 aromatic rings. The number of carbonyl (C=O) groups excluding carboxylic acids is 3. The highest BCUT2D eigenvalue weighted by atomic mass is 35.5. The average Bonchev–Trinajstić information content (AvgIpc) is 2.53. The number of fused-ring (bicyclic) bond motifs is 2. The van der Waals surface area contributed by atoms with Gasteiger partial charge >= 0.3 is 12.1 Å². The Kier molecular flexibility index (Phi) is 3.68. The topological polar surface area (TPSA) is 63.2 Å². The lowest BCUT2D eigenvalue weighted by Gasteiger charge is -2.21. The highest BCUT2D eigenvalue weighted by Gasteiger charge is 2.41. The van der Waals surface area contributed by atoms with Crippen molar-refractivity contribution in [3.8, 4) is 0 Å². The maximum Gasteiger partial charge on any atom is 0.471 e. The van der Waals surface area contributed by atoms with Crippen molar-refractivity contribution in [2.75, 3.05) is 5.32 Å². The molecule has 122 valence electrons. The van der Waals surface area contributed by atoms with Crippen LogP contribution < -0.4 is 5.32 Å². The molecule has 0 aliphatic heterocycles. The molecule has 0 aromatic heterocycles. The standard InChI is InChI=1S/C16H7ClF3NO3/c17-10-6-5-9-11(12(10)21-15(24)16(18,19)20)14(23)8-4-2-1-3-7(8)13(9)22/h1-6H,(H,21,24). The molecule has 0 saturated heterocycles. The van der Waals surface area contributed by atoms with E-state index in [1.165, 1.54) is 24.3 Å². The first kappa shape index (κ1) is 16.2. The molecule has 0 saturated carbocycles. The van der Waals surface area contributed by atoms with E-state index in [-0.39, 0.29) is 27.3 Å². The maximum atomic E-state index is 12.6. The Labute approximate surface area is 138 Å². The van der Waals surface area contributed by atoms with E-state index in [1.54, 1.807) is 11.4 Å². The third-order valence-corrected chi connectivity index (χ3v) is 3.85. The number of halogens is 4. The van der Waals surface area contributed by atoms with E-state index in [0.717, 1.165) is 6.07 Å². The second kappa shape index (κ2) is 5.45. The summed E-state index contributed by atoms with van der Waals surface area (Å²) in [6, 6.07) is 8.32. The molecule has 0 unspecified atom stereocenters. The molecule has 0 heterocycles. The number of amides is 1. The zero-order valence-corrected chi connectivity index (χ0v) is 12.5. The van der Waals surface area contributed by atoms with Crippen LogP contribution in [0.15, 0.2) is 36.4 Å². The summed E-state index contributed by atoms with van der Waals surface area (Å²) in [5.74, 6) is -3.49. The molecule has 4 nitrogen and oxygen atoms in total. The molecular weight excluding hydrogens is 347 g/mol. The quantitative estimate of drug-likeness (QED) is 0.727. The Morgan fingerprint density at radius 2 is 1.50 bits per heavy atom. The summed E-state index contributed by atoms with van der Waals surface area (Å²) in [5.41, 5.74) is -0.793. The zero-order valence-electron chi connectivity index (χ0n) is 11.7. The predicted molar refractivity (Wildman–Crippen MR) is 79.4 cm³/mol. The molecule has 1 aliphatic carbocycles. The summed E-state index contributed by atoms with van der Waals surface area (Å²) in [7, 11) is 0. The number of alkyl halides is 3. The van der Waals surface area contributed by atoms with Crippen molar-refractivity contribution in [2.45, 2.75) is 6.18 Å². The van der Waals surface area contributed by atoms with Crippen molar-refractivity contribution in [3.05, 3.63) is 63.7 Å². The fourth-order valence-corrected chi connectivity index (χ4v) is 2.67. The lowest BCUT2D eigenvalue weighted by atomic mass is 9.83. The van der Waals surface area contributed by atoms with Crippen LogP contribution in [0.3, 0.4) is 0 Å². The van der Waals surface area contributed by atoms with Gasteiger partial charge in [0.15, 0.2) is 11.6 Å². The van der Waals surface area contributed by atoms with Gasteiger partial charge in [-0.25, -0.2) is 0 Å². The van der Waals surface area contributed by atoms with Gasteiger partial charge in [-0.3, -0.25) is 14.4 Å². The maximum absolute atomic E-state index is 12.6. The van der Waals surface area contributed by atoms with Crippen LogP contribution in [0.4, 0.5) is 18.9 Å². The van der Waals surface area contributed by atoms with Gasteiger partial charge in [-0.1, -0.05) is 35.9 Å². The number of anilines is 1. The molecule has 1 N–H and O–H groups in total. The summed E-state index contributed by atoms with van der Waals surface area (Å²) >= 11 is 5.85. The van der Waals surface area contributed by atoms with Crippen LogP contribution >= 0.6 is 11.6 Å². The van der Waals surface area contributed by atoms with E-state index in [0.29, 0.717) is 0 Å². The van der Waals surface area contributed by atoms with Crippen molar-refractivity contribution >= 4 is 34.8 Å². The summed E-state index contributed by atoms with van der Waals surface area (Å²) in [6.07, 6.45) is -5.16. The number of hydrogen-bond acceptors (Lipinski definition) is 3. The Balaban J connectivity index is 2.20. The molecular formula is C16H7ClF3NO3. The van der Waals surface area contributed by atoms with Crippen LogP contribution in [0.1, 0.15) is 31.8 Å². The predicted octanol–water partition coefficient (Wildman–Crippen LogP) is 3.62. The Hall–Kier alpha value is -2.67. The Bertz CT molecular complexity index is 906. The first-order valence-electron chi connectivity index (χ1n) is 6.61. The lowest BCUT2D eigenvalue weighted by molar-refractivity contribution is -0.167. The van der Waals surface area contributed by atoms with E-state index in [9.17, 15) is 27.6 Å². The van der Waals surface area contributed by atoms with Gasteiger partial charge in [-0.05, 0) is 12.1 Å². The first-order valence-corrected chi connectivity index (χ1v) is 6.98. The van der Waals surface area contributed by atoms with E-state index >= 15 is 0 Å². The number of benzene rings is 2. The van der Waals surface area contributed by atoms with Gasteiger partial charge in [0.25, 0.3) is 0 Å². The molecule has 0 fully saturated rings. The van der Waals surface area contributed by atoms with Gasteiger partial charge in [-0.15, -0.1) is 0 Å². The van der Waals surface area contributed by atoms with Gasteiger partial charge in [-0.2, -0.15) is 13.2 Å². The zero-order chi connectivity index (χ0) is 17.6. The van der Waals surface area contributed by atoms with Gasteiger partial charge in [0.05, 0.1) is 16.3 Å². The van der Waals surface area contributed by atoms with Gasteiger partial charge in [0.2, 0.25) is 0 Å². The van der Waals surface area contributed by atoms with Crippen molar-refractivity contribution < 1.29 is 27.6 Å². The number of nitrogens with one attached hydrogen (secondary N) is 1. The Morgan fingerprint density at radius 3 is 2.08 bits per heavy atom. The minimum atomic E-state index is -5.16. The van der Waals surface area contributed by atoms with E-state index in [1.807, 2.05) is 0 Å². The SMILES string of the molecule is O=C1c2ccccc2C(=O)c2c1ccc(Cl)c2NC(=O)C(F)(F)F. The third-order valence-electron chi connectivity index (χ3n) is 3.54. The molecule has 0 atom stereocenters. The molecule has 1 amide bonds. The van der Waals surface area contributed by atoms with E-state index < -0.39 is 29.3 Å². The molecule has 0 bridgehead atoms. The minimum absolute atomic E-state index is 0.0415.